The molecule has 0 amide bonds. The summed E-state index contributed by atoms with van der Waals surface area (Å²) in [6.45, 7) is 0. The third-order valence-corrected chi connectivity index (χ3v) is 3.08. The lowest BCUT2D eigenvalue weighted by atomic mass is 10.0. The molecule has 0 bridgehead atoms. The van der Waals surface area contributed by atoms with Crippen molar-refractivity contribution in [2.24, 2.45) is 0 Å². The van der Waals surface area contributed by atoms with E-state index in [0.29, 0.717) is 11.1 Å². The molecule has 0 fully saturated rings. The second-order valence-electron chi connectivity index (χ2n) is 4.18. The number of nitrogens with zero attached hydrogens (tertiary/aromatic N) is 1. The summed E-state index contributed by atoms with van der Waals surface area (Å²) >= 11 is 0. The molecule has 0 spiro atoms. The molecule has 0 aliphatic heterocycles. The quantitative estimate of drug-likeness (QED) is 0.494. The molecular weight excluding hydrogens is 245 g/mol. The number of hydrogen-bond acceptors (Lipinski definition) is 3. The van der Waals surface area contributed by atoms with Crippen molar-refractivity contribution < 1.29 is 13.9 Å². The first kappa shape index (κ1) is 11.6. The highest BCUT2D eigenvalue weighted by Gasteiger charge is 2.12. The Hall–Kier alpha value is -2.49. The third-order valence-electron chi connectivity index (χ3n) is 3.08. The second kappa shape index (κ2) is 4.31. The van der Waals surface area contributed by atoms with Crippen LogP contribution >= 0.6 is 0 Å². The van der Waals surface area contributed by atoms with Crippen LogP contribution in [0.5, 0.6) is 0 Å². The van der Waals surface area contributed by atoms with Crippen molar-refractivity contribution in [3.05, 3.63) is 54.0 Å². The zero-order valence-electron chi connectivity index (χ0n) is 10.2. The molecule has 2 aromatic carbocycles. The van der Waals surface area contributed by atoms with Gasteiger partial charge in [0.1, 0.15) is 5.82 Å². The highest BCUT2D eigenvalue weighted by Crippen LogP contribution is 2.26. The molecule has 1 heterocycles. The number of rotatable bonds is 1. The number of hydrogen-bond donors (Lipinski definition) is 0. The van der Waals surface area contributed by atoms with Crippen molar-refractivity contribution in [2.75, 3.05) is 7.11 Å². The van der Waals surface area contributed by atoms with E-state index in [1.807, 2.05) is 6.07 Å². The van der Waals surface area contributed by atoms with Gasteiger partial charge in [-0.3, -0.25) is 4.98 Å². The van der Waals surface area contributed by atoms with E-state index in [4.69, 9.17) is 4.74 Å². The summed E-state index contributed by atoms with van der Waals surface area (Å²) in [4.78, 5) is 16.0. The highest BCUT2D eigenvalue weighted by molar-refractivity contribution is 6.11. The molecule has 0 radical (unpaired) electrons. The van der Waals surface area contributed by atoms with Crippen LogP contribution in [0.25, 0.3) is 21.7 Å². The lowest BCUT2D eigenvalue weighted by Gasteiger charge is -2.07. The van der Waals surface area contributed by atoms with Crippen LogP contribution in [0, 0.1) is 5.82 Å². The Morgan fingerprint density at radius 2 is 2.05 bits per heavy atom. The topological polar surface area (TPSA) is 39.2 Å². The van der Waals surface area contributed by atoms with E-state index in [9.17, 15) is 9.18 Å². The number of carbonyl (C=O) groups is 1. The molecule has 3 rings (SSSR count). The van der Waals surface area contributed by atoms with Gasteiger partial charge in [0.25, 0.3) is 0 Å². The summed E-state index contributed by atoms with van der Waals surface area (Å²) in [6, 6.07) is 9.70. The van der Waals surface area contributed by atoms with E-state index in [0.717, 1.165) is 16.2 Å². The van der Waals surface area contributed by atoms with Gasteiger partial charge in [-0.2, -0.15) is 0 Å². The first-order valence-corrected chi connectivity index (χ1v) is 5.76. The Balaban J connectivity index is 2.43. The fourth-order valence-corrected chi connectivity index (χ4v) is 2.18. The standard InChI is InChI=1S/C15H10FNO2/c1-19-15(18)12-4-2-3-11-13-7-10(16)6-5-9(13)8-17-14(11)12/h2-8H,1H3. The van der Waals surface area contributed by atoms with Gasteiger partial charge in [0.15, 0.2) is 0 Å². The van der Waals surface area contributed by atoms with Crippen LogP contribution in [0.15, 0.2) is 42.6 Å². The van der Waals surface area contributed by atoms with Gasteiger partial charge in [0.2, 0.25) is 0 Å². The van der Waals surface area contributed by atoms with Gasteiger partial charge >= 0.3 is 5.97 Å². The van der Waals surface area contributed by atoms with Crippen molar-refractivity contribution in [1.29, 1.82) is 0 Å². The molecule has 0 saturated carbocycles. The molecule has 0 aliphatic rings. The molecule has 0 unspecified atom stereocenters. The number of esters is 1. The van der Waals surface area contributed by atoms with Gasteiger partial charge in [-0.05, 0) is 29.7 Å². The summed E-state index contributed by atoms with van der Waals surface area (Å²) in [5.41, 5.74) is 0.901. The monoisotopic (exact) mass is 255 g/mol. The van der Waals surface area contributed by atoms with E-state index in [1.165, 1.54) is 19.2 Å². The molecule has 94 valence electrons. The van der Waals surface area contributed by atoms with E-state index in [2.05, 4.69) is 4.98 Å². The average Bonchev–Trinajstić information content (AvgIpc) is 2.45. The van der Waals surface area contributed by atoms with Crippen molar-refractivity contribution in [1.82, 2.24) is 4.98 Å². The van der Waals surface area contributed by atoms with Crippen molar-refractivity contribution in [3.8, 4) is 0 Å². The Bertz CT molecular complexity index is 799. The molecule has 3 aromatic rings. The number of para-hydroxylation sites is 1. The van der Waals surface area contributed by atoms with E-state index < -0.39 is 5.97 Å². The zero-order valence-corrected chi connectivity index (χ0v) is 10.2. The van der Waals surface area contributed by atoms with Crippen molar-refractivity contribution >= 4 is 27.6 Å². The number of ether oxygens (including phenoxy) is 1. The zero-order chi connectivity index (χ0) is 13.4. The lowest BCUT2D eigenvalue weighted by Crippen LogP contribution is -2.02. The normalized spacial score (nSPS) is 10.8. The van der Waals surface area contributed by atoms with E-state index >= 15 is 0 Å². The Labute approximate surface area is 108 Å². The fraction of sp³-hybridized carbons (Fsp3) is 0.0667. The van der Waals surface area contributed by atoms with Crippen molar-refractivity contribution in [2.45, 2.75) is 0 Å². The van der Waals surface area contributed by atoms with Crippen LogP contribution < -0.4 is 0 Å². The van der Waals surface area contributed by atoms with Gasteiger partial charge < -0.3 is 4.74 Å². The predicted octanol–water partition coefficient (Wildman–Crippen LogP) is 3.31. The minimum Gasteiger partial charge on any atom is -0.465 e. The molecular formula is C15H10FNO2. The number of fused-ring (bicyclic) bond motifs is 3. The van der Waals surface area contributed by atoms with Crippen LogP contribution in [0.4, 0.5) is 4.39 Å². The molecule has 0 aliphatic carbocycles. The molecule has 1 aromatic heterocycles. The molecule has 0 N–H and O–H groups in total. The summed E-state index contributed by atoms with van der Waals surface area (Å²) in [5.74, 6) is -0.766. The van der Waals surface area contributed by atoms with E-state index in [1.54, 1.807) is 24.4 Å². The maximum Gasteiger partial charge on any atom is 0.340 e. The minimum atomic E-state index is -0.450. The fourth-order valence-electron chi connectivity index (χ4n) is 2.18. The summed E-state index contributed by atoms with van der Waals surface area (Å²) < 4.78 is 18.1. The van der Waals surface area contributed by atoms with Gasteiger partial charge in [-0.1, -0.05) is 12.1 Å². The van der Waals surface area contributed by atoms with Gasteiger partial charge in [-0.15, -0.1) is 0 Å². The smallest absolute Gasteiger partial charge is 0.340 e. The second-order valence-corrected chi connectivity index (χ2v) is 4.18. The van der Waals surface area contributed by atoms with Crippen molar-refractivity contribution in [3.63, 3.8) is 0 Å². The minimum absolute atomic E-state index is 0.316. The first-order chi connectivity index (χ1) is 9.20. The number of methoxy groups -OCH3 is 1. The molecule has 3 nitrogen and oxygen atoms in total. The number of pyridine rings is 1. The largest absolute Gasteiger partial charge is 0.465 e. The number of carbonyl (C=O) groups excluding carboxylic acids is 1. The Morgan fingerprint density at radius 3 is 2.84 bits per heavy atom. The summed E-state index contributed by atoms with van der Waals surface area (Å²) in [7, 11) is 1.32. The van der Waals surface area contributed by atoms with Crippen LogP contribution in [-0.2, 0) is 4.74 Å². The van der Waals surface area contributed by atoms with Crippen LogP contribution in [0.2, 0.25) is 0 Å². The number of benzene rings is 2. The van der Waals surface area contributed by atoms with Crippen LogP contribution in [0.1, 0.15) is 10.4 Å². The lowest BCUT2D eigenvalue weighted by molar-refractivity contribution is 0.0603. The van der Waals surface area contributed by atoms with Crippen LogP contribution in [0.3, 0.4) is 0 Å². The molecule has 4 heteroatoms. The Kier molecular flexibility index (Phi) is 2.63. The maximum atomic E-state index is 13.4. The summed E-state index contributed by atoms with van der Waals surface area (Å²) in [6.07, 6.45) is 1.63. The van der Waals surface area contributed by atoms with Gasteiger partial charge in [-0.25, -0.2) is 9.18 Å². The first-order valence-electron chi connectivity index (χ1n) is 5.76. The summed E-state index contributed by atoms with van der Waals surface area (Å²) in [5, 5.41) is 2.30. The third kappa shape index (κ3) is 1.81. The van der Waals surface area contributed by atoms with Crippen LogP contribution in [-0.4, -0.2) is 18.1 Å². The Morgan fingerprint density at radius 1 is 1.21 bits per heavy atom. The molecule has 0 atom stereocenters. The average molecular weight is 255 g/mol. The highest BCUT2D eigenvalue weighted by atomic mass is 19.1. The SMILES string of the molecule is COC(=O)c1cccc2c1ncc1ccc(F)cc12. The number of halogens is 1. The molecule has 0 saturated heterocycles. The van der Waals surface area contributed by atoms with Gasteiger partial charge in [0, 0.05) is 17.0 Å². The van der Waals surface area contributed by atoms with E-state index in [-0.39, 0.29) is 5.82 Å². The molecule has 19 heavy (non-hydrogen) atoms. The van der Waals surface area contributed by atoms with Gasteiger partial charge in [0.05, 0.1) is 18.2 Å². The maximum absolute atomic E-state index is 13.4. The predicted molar refractivity (Wildman–Crippen MR) is 70.5 cm³/mol. The number of aromatic nitrogens is 1.